The van der Waals surface area contributed by atoms with Gasteiger partial charge in [-0.3, -0.25) is 4.79 Å². The quantitative estimate of drug-likeness (QED) is 0.708. The number of alkyl halides is 3. The second kappa shape index (κ2) is 7.07. The van der Waals surface area contributed by atoms with E-state index < -0.39 is 17.6 Å². The number of halogens is 3. The van der Waals surface area contributed by atoms with Gasteiger partial charge >= 0.3 is 6.18 Å². The number of rotatable bonds is 4. The highest BCUT2D eigenvalue weighted by Crippen LogP contribution is 2.33. The zero-order valence-electron chi connectivity index (χ0n) is 14.0. The highest BCUT2D eigenvalue weighted by Gasteiger charge is 2.35. The number of para-hydroxylation sites is 1. The Morgan fingerprint density at radius 3 is 2.35 bits per heavy atom. The Bertz CT molecular complexity index is 914. The molecular formula is C20H17F3N2O. The van der Waals surface area contributed by atoms with Gasteiger partial charge in [-0.25, -0.2) is 0 Å². The average molecular weight is 358 g/mol. The molecule has 1 aromatic heterocycles. The SMILES string of the molecule is Cn1cc(CC(=O)Nc2ccccc2-c2ccccc2)c(C(F)(F)F)c1. The molecule has 3 nitrogen and oxygen atoms in total. The maximum Gasteiger partial charge on any atom is 0.418 e. The molecule has 0 unspecified atom stereocenters. The second-order valence-electron chi connectivity index (χ2n) is 6.00. The van der Waals surface area contributed by atoms with E-state index in [0.717, 1.165) is 17.3 Å². The van der Waals surface area contributed by atoms with Crippen molar-refractivity contribution in [3.8, 4) is 11.1 Å². The van der Waals surface area contributed by atoms with Crippen molar-refractivity contribution in [1.82, 2.24) is 4.57 Å². The summed E-state index contributed by atoms with van der Waals surface area (Å²) in [5.41, 5.74) is 1.46. The minimum Gasteiger partial charge on any atom is -0.356 e. The van der Waals surface area contributed by atoms with Crippen LogP contribution < -0.4 is 5.32 Å². The van der Waals surface area contributed by atoms with Crippen molar-refractivity contribution in [2.75, 3.05) is 5.32 Å². The molecular weight excluding hydrogens is 341 g/mol. The van der Waals surface area contributed by atoms with Gasteiger partial charge in [-0.05, 0) is 17.2 Å². The Balaban J connectivity index is 1.83. The number of hydrogen-bond donors (Lipinski definition) is 1. The molecule has 134 valence electrons. The van der Waals surface area contributed by atoms with E-state index in [1.165, 1.54) is 17.8 Å². The van der Waals surface area contributed by atoms with E-state index in [1.54, 1.807) is 12.1 Å². The fraction of sp³-hybridized carbons (Fsp3) is 0.150. The molecule has 0 fully saturated rings. The monoisotopic (exact) mass is 358 g/mol. The molecule has 0 aliphatic carbocycles. The van der Waals surface area contributed by atoms with E-state index in [0.29, 0.717) is 5.69 Å². The van der Waals surface area contributed by atoms with Crippen LogP contribution in [-0.2, 0) is 24.4 Å². The summed E-state index contributed by atoms with van der Waals surface area (Å²) in [6.07, 6.45) is -2.52. The molecule has 3 rings (SSSR count). The number of aryl methyl sites for hydroxylation is 1. The van der Waals surface area contributed by atoms with E-state index in [-0.39, 0.29) is 12.0 Å². The number of amides is 1. The first-order valence-corrected chi connectivity index (χ1v) is 8.01. The fourth-order valence-corrected chi connectivity index (χ4v) is 2.86. The minimum absolute atomic E-state index is 0.0466. The van der Waals surface area contributed by atoms with Crippen molar-refractivity contribution in [2.24, 2.45) is 7.05 Å². The van der Waals surface area contributed by atoms with Crippen molar-refractivity contribution in [3.05, 3.63) is 78.1 Å². The Morgan fingerprint density at radius 2 is 1.65 bits per heavy atom. The van der Waals surface area contributed by atoms with Gasteiger partial charge in [0.15, 0.2) is 0 Å². The first-order chi connectivity index (χ1) is 12.3. The molecule has 1 heterocycles. The van der Waals surface area contributed by atoms with E-state index in [1.807, 2.05) is 42.5 Å². The van der Waals surface area contributed by atoms with Gasteiger partial charge in [0.1, 0.15) is 0 Å². The van der Waals surface area contributed by atoms with Crippen LogP contribution in [0.5, 0.6) is 0 Å². The normalized spacial score (nSPS) is 11.4. The maximum atomic E-state index is 13.1. The molecule has 1 amide bonds. The van der Waals surface area contributed by atoms with Crippen molar-refractivity contribution in [3.63, 3.8) is 0 Å². The third-order valence-electron chi connectivity index (χ3n) is 3.98. The summed E-state index contributed by atoms with van der Waals surface area (Å²) in [7, 11) is 1.50. The lowest BCUT2D eigenvalue weighted by atomic mass is 10.0. The first-order valence-electron chi connectivity index (χ1n) is 8.01. The summed E-state index contributed by atoms with van der Waals surface area (Å²) in [4.78, 5) is 12.4. The average Bonchev–Trinajstić information content (AvgIpc) is 2.96. The summed E-state index contributed by atoms with van der Waals surface area (Å²) in [5.74, 6) is -0.495. The lowest BCUT2D eigenvalue weighted by molar-refractivity contribution is -0.138. The predicted molar refractivity (Wildman–Crippen MR) is 94.6 cm³/mol. The van der Waals surface area contributed by atoms with Crippen LogP contribution in [-0.4, -0.2) is 10.5 Å². The Hall–Kier alpha value is -3.02. The number of benzene rings is 2. The van der Waals surface area contributed by atoms with Gasteiger partial charge in [-0.2, -0.15) is 13.2 Å². The van der Waals surface area contributed by atoms with Crippen LogP contribution >= 0.6 is 0 Å². The molecule has 6 heteroatoms. The second-order valence-corrected chi connectivity index (χ2v) is 6.00. The van der Waals surface area contributed by atoms with Gasteiger partial charge in [0, 0.05) is 30.7 Å². The fourth-order valence-electron chi connectivity index (χ4n) is 2.86. The van der Waals surface area contributed by atoms with Gasteiger partial charge < -0.3 is 9.88 Å². The molecule has 0 radical (unpaired) electrons. The van der Waals surface area contributed by atoms with Crippen LogP contribution in [0.1, 0.15) is 11.1 Å². The lowest BCUT2D eigenvalue weighted by Gasteiger charge is -2.12. The summed E-state index contributed by atoms with van der Waals surface area (Å²) in [6.45, 7) is 0. The standard InChI is InChI=1S/C20H17F3N2O/c1-25-12-15(17(13-25)20(21,22)23)11-19(26)24-18-10-6-5-9-16(18)14-7-3-2-4-8-14/h2-10,12-13H,11H2,1H3,(H,24,26). The molecule has 0 spiro atoms. The Labute approximate surface area is 149 Å². The van der Waals surface area contributed by atoms with Crippen LogP contribution in [0.25, 0.3) is 11.1 Å². The highest BCUT2D eigenvalue weighted by atomic mass is 19.4. The van der Waals surface area contributed by atoms with E-state index >= 15 is 0 Å². The molecule has 26 heavy (non-hydrogen) atoms. The zero-order chi connectivity index (χ0) is 18.7. The third-order valence-corrected chi connectivity index (χ3v) is 3.98. The summed E-state index contributed by atoms with van der Waals surface area (Å²) in [5, 5.41) is 2.73. The lowest BCUT2D eigenvalue weighted by Crippen LogP contribution is -2.17. The third kappa shape index (κ3) is 3.96. The van der Waals surface area contributed by atoms with Crippen LogP contribution in [0.3, 0.4) is 0 Å². The van der Waals surface area contributed by atoms with Crippen molar-refractivity contribution in [1.29, 1.82) is 0 Å². The molecule has 0 aliphatic rings. The molecule has 2 aromatic carbocycles. The van der Waals surface area contributed by atoms with E-state index in [2.05, 4.69) is 5.32 Å². The number of aromatic nitrogens is 1. The first kappa shape index (κ1) is 17.8. The largest absolute Gasteiger partial charge is 0.418 e. The molecule has 0 saturated heterocycles. The number of carbonyl (C=O) groups is 1. The van der Waals surface area contributed by atoms with Crippen LogP contribution in [0, 0.1) is 0 Å². The summed E-state index contributed by atoms with van der Waals surface area (Å²) < 4.78 is 40.5. The van der Waals surface area contributed by atoms with Crippen molar-refractivity contribution in [2.45, 2.75) is 12.6 Å². The Kier molecular flexibility index (Phi) is 4.84. The zero-order valence-corrected chi connectivity index (χ0v) is 14.0. The van der Waals surface area contributed by atoms with E-state index in [9.17, 15) is 18.0 Å². The van der Waals surface area contributed by atoms with Crippen molar-refractivity contribution >= 4 is 11.6 Å². The highest BCUT2D eigenvalue weighted by molar-refractivity contribution is 5.96. The summed E-state index contributed by atoms with van der Waals surface area (Å²) in [6, 6.07) is 16.7. The maximum absolute atomic E-state index is 13.1. The van der Waals surface area contributed by atoms with Gasteiger partial charge in [0.2, 0.25) is 5.91 Å². The van der Waals surface area contributed by atoms with Crippen LogP contribution in [0.2, 0.25) is 0 Å². The van der Waals surface area contributed by atoms with Gasteiger partial charge in [-0.15, -0.1) is 0 Å². The molecule has 3 aromatic rings. The molecule has 1 N–H and O–H groups in total. The topological polar surface area (TPSA) is 34.0 Å². The van der Waals surface area contributed by atoms with Gasteiger partial charge in [0.25, 0.3) is 0 Å². The molecule has 0 aliphatic heterocycles. The van der Waals surface area contributed by atoms with Gasteiger partial charge in [-0.1, -0.05) is 48.5 Å². The molecule has 0 bridgehead atoms. The molecule has 0 atom stereocenters. The number of nitrogens with one attached hydrogen (secondary N) is 1. The van der Waals surface area contributed by atoms with Crippen molar-refractivity contribution < 1.29 is 18.0 Å². The van der Waals surface area contributed by atoms with Gasteiger partial charge in [0.05, 0.1) is 12.0 Å². The number of nitrogens with zero attached hydrogens (tertiary/aromatic N) is 1. The number of hydrogen-bond acceptors (Lipinski definition) is 1. The number of anilines is 1. The smallest absolute Gasteiger partial charge is 0.356 e. The number of carbonyl (C=O) groups excluding carboxylic acids is 1. The minimum atomic E-state index is -4.49. The molecule has 0 saturated carbocycles. The van der Waals surface area contributed by atoms with Crippen LogP contribution in [0.4, 0.5) is 18.9 Å². The van der Waals surface area contributed by atoms with Crippen LogP contribution in [0.15, 0.2) is 67.0 Å². The summed E-state index contributed by atoms with van der Waals surface area (Å²) >= 11 is 0. The predicted octanol–water partition coefficient (Wildman–Crippen LogP) is 4.89. The Morgan fingerprint density at radius 1 is 1.00 bits per heavy atom. The van der Waals surface area contributed by atoms with E-state index in [4.69, 9.17) is 0 Å².